The van der Waals surface area contributed by atoms with Crippen LogP contribution in [0.5, 0.6) is 0 Å². The molecule has 0 aromatic carbocycles. The number of nitrogens with zero attached hydrogens (tertiary/aromatic N) is 3. The van der Waals surface area contributed by atoms with E-state index in [4.69, 9.17) is 0 Å². The Morgan fingerprint density at radius 1 is 1.41 bits per heavy atom. The molecular weight excluding hydrogens is 219 g/mol. The first-order valence-corrected chi connectivity index (χ1v) is 5.96. The minimum Gasteiger partial charge on any atom is -0.354 e. The lowest BCUT2D eigenvalue weighted by molar-refractivity contribution is 0.492. The van der Waals surface area contributed by atoms with Crippen molar-refractivity contribution in [1.29, 1.82) is 0 Å². The van der Waals surface area contributed by atoms with Gasteiger partial charge in [-0.3, -0.25) is 0 Å². The van der Waals surface area contributed by atoms with Gasteiger partial charge in [-0.25, -0.2) is 9.37 Å². The van der Waals surface area contributed by atoms with Gasteiger partial charge < -0.3 is 10.2 Å². The largest absolute Gasteiger partial charge is 0.354 e. The van der Waals surface area contributed by atoms with Gasteiger partial charge in [0.1, 0.15) is 0 Å². The molecule has 0 saturated heterocycles. The Morgan fingerprint density at radius 3 is 2.59 bits per heavy atom. The molecule has 1 aromatic rings. The summed E-state index contributed by atoms with van der Waals surface area (Å²) in [4.78, 5) is 9.94. The average molecular weight is 240 g/mol. The van der Waals surface area contributed by atoms with Crippen molar-refractivity contribution in [3.8, 4) is 0 Å². The van der Waals surface area contributed by atoms with Gasteiger partial charge in [-0.1, -0.05) is 13.8 Å². The quantitative estimate of drug-likeness (QED) is 0.858. The molecule has 0 aliphatic rings. The normalized spacial score (nSPS) is 12.6. The smallest absolute Gasteiger partial charge is 0.224 e. The van der Waals surface area contributed by atoms with Gasteiger partial charge in [-0.05, 0) is 19.8 Å². The van der Waals surface area contributed by atoms with Gasteiger partial charge in [0.2, 0.25) is 5.95 Å². The Bertz CT molecular complexity index is 368. The summed E-state index contributed by atoms with van der Waals surface area (Å²) < 4.78 is 13.7. The van der Waals surface area contributed by atoms with Crippen molar-refractivity contribution in [1.82, 2.24) is 9.97 Å². The molecule has 17 heavy (non-hydrogen) atoms. The monoisotopic (exact) mass is 240 g/mol. The van der Waals surface area contributed by atoms with Gasteiger partial charge in [0, 0.05) is 19.6 Å². The average Bonchev–Trinajstić information content (AvgIpc) is 2.30. The minimum absolute atomic E-state index is 0.217. The number of hydrogen-bond donors (Lipinski definition) is 1. The van der Waals surface area contributed by atoms with Crippen molar-refractivity contribution in [2.24, 2.45) is 5.92 Å². The first-order chi connectivity index (χ1) is 7.97. The van der Waals surface area contributed by atoms with E-state index >= 15 is 0 Å². The highest BCUT2D eigenvalue weighted by Gasteiger charge is 2.18. The van der Waals surface area contributed by atoms with Crippen LogP contribution in [0.2, 0.25) is 0 Å². The molecule has 0 fully saturated rings. The number of nitrogens with one attached hydrogen (secondary N) is 1. The summed E-state index contributed by atoms with van der Waals surface area (Å²) in [6.45, 7) is 8.93. The second kappa shape index (κ2) is 5.80. The molecule has 4 nitrogen and oxygen atoms in total. The lowest BCUT2D eigenvalue weighted by Gasteiger charge is -2.29. The zero-order valence-electron chi connectivity index (χ0n) is 11.2. The van der Waals surface area contributed by atoms with Crippen LogP contribution in [-0.4, -0.2) is 29.6 Å². The third kappa shape index (κ3) is 3.28. The predicted molar refractivity (Wildman–Crippen MR) is 68.9 cm³/mol. The number of rotatable bonds is 5. The van der Waals surface area contributed by atoms with Crippen LogP contribution in [0, 0.1) is 11.7 Å². The molecule has 1 atom stereocenters. The number of halogens is 1. The molecule has 0 radical (unpaired) electrons. The summed E-state index contributed by atoms with van der Waals surface area (Å²) >= 11 is 0. The molecule has 1 heterocycles. The van der Waals surface area contributed by atoms with Crippen molar-refractivity contribution in [3.63, 3.8) is 0 Å². The number of hydrogen-bond acceptors (Lipinski definition) is 4. The van der Waals surface area contributed by atoms with Gasteiger partial charge in [-0.15, -0.1) is 0 Å². The molecule has 5 heteroatoms. The maximum Gasteiger partial charge on any atom is 0.224 e. The molecule has 0 aliphatic heterocycles. The van der Waals surface area contributed by atoms with Gasteiger partial charge in [0.05, 0.1) is 6.20 Å². The summed E-state index contributed by atoms with van der Waals surface area (Å²) in [7, 11) is 1.85. The zero-order valence-corrected chi connectivity index (χ0v) is 11.2. The van der Waals surface area contributed by atoms with E-state index in [1.807, 2.05) is 18.9 Å². The van der Waals surface area contributed by atoms with Crippen LogP contribution in [0.1, 0.15) is 27.7 Å². The van der Waals surface area contributed by atoms with Gasteiger partial charge in [0.25, 0.3) is 0 Å². The summed E-state index contributed by atoms with van der Waals surface area (Å²) in [6, 6.07) is 0.217. The first-order valence-electron chi connectivity index (χ1n) is 5.96. The summed E-state index contributed by atoms with van der Waals surface area (Å²) in [6.07, 6.45) is 1.21. The third-order valence-electron chi connectivity index (χ3n) is 2.97. The molecule has 1 aromatic heterocycles. The highest BCUT2D eigenvalue weighted by atomic mass is 19.1. The number of aromatic nitrogens is 2. The Hall–Kier alpha value is -1.39. The number of anilines is 2. The minimum atomic E-state index is -0.387. The van der Waals surface area contributed by atoms with Gasteiger partial charge >= 0.3 is 0 Å². The molecule has 96 valence electrons. The van der Waals surface area contributed by atoms with Crippen molar-refractivity contribution in [2.75, 3.05) is 23.8 Å². The van der Waals surface area contributed by atoms with Crippen molar-refractivity contribution in [2.45, 2.75) is 33.7 Å². The third-order valence-corrected chi connectivity index (χ3v) is 2.97. The Balaban J connectivity index is 2.98. The molecular formula is C12H21FN4. The van der Waals surface area contributed by atoms with Crippen molar-refractivity contribution in [3.05, 3.63) is 12.0 Å². The van der Waals surface area contributed by atoms with Crippen LogP contribution in [0.4, 0.5) is 16.2 Å². The van der Waals surface area contributed by atoms with E-state index in [2.05, 4.69) is 36.1 Å². The molecule has 0 aliphatic carbocycles. The highest BCUT2D eigenvalue weighted by molar-refractivity contribution is 5.44. The molecule has 1 unspecified atom stereocenters. The summed E-state index contributed by atoms with van der Waals surface area (Å²) in [5.74, 6) is 0.849. The van der Waals surface area contributed by atoms with E-state index in [-0.39, 0.29) is 11.9 Å². The molecule has 0 spiro atoms. The van der Waals surface area contributed by atoms with Gasteiger partial charge in [-0.2, -0.15) is 4.98 Å². The fourth-order valence-corrected chi connectivity index (χ4v) is 1.49. The maximum absolute atomic E-state index is 13.7. The fraction of sp³-hybridized carbons (Fsp3) is 0.667. The Labute approximate surface area is 102 Å². The van der Waals surface area contributed by atoms with Crippen LogP contribution in [0.15, 0.2) is 6.20 Å². The molecule has 1 N–H and O–H groups in total. The van der Waals surface area contributed by atoms with Crippen molar-refractivity contribution >= 4 is 11.8 Å². The Morgan fingerprint density at radius 2 is 2.06 bits per heavy atom. The first kappa shape index (κ1) is 13.7. The lowest BCUT2D eigenvalue weighted by Crippen LogP contribution is -2.34. The van der Waals surface area contributed by atoms with E-state index in [1.54, 1.807) is 0 Å². The van der Waals surface area contributed by atoms with Crippen LogP contribution in [-0.2, 0) is 0 Å². The van der Waals surface area contributed by atoms with E-state index in [0.29, 0.717) is 24.2 Å². The molecule has 1 rings (SSSR count). The Kier molecular flexibility index (Phi) is 4.66. The maximum atomic E-state index is 13.7. The van der Waals surface area contributed by atoms with E-state index in [1.165, 1.54) is 6.20 Å². The standard InChI is InChI=1S/C12H21FN4/c1-6-14-12-15-7-10(13)11(16-12)17(5)9(4)8(2)3/h7-9H,6H2,1-5H3,(H,14,15,16). The fourth-order valence-electron chi connectivity index (χ4n) is 1.49. The molecule has 0 saturated carbocycles. The van der Waals surface area contributed by atoms with E-state index < -0.39 is 0 Å². The molecule has 0 amide bonds. The zero-order chi connectivity index (χ0) is 13.0. The summed E-state index contributed by atoms with van der Waals surface area (Å²) in [5.41, 5.74) is 0. The van der Waals surface area contributed by atoms with Crippen LogP contribution in [0.25, 0.3) is 0 Å². The van der Waals surface area contributed by atoms with Crippen molar-refractivity contribution < 1.29 is 4.39 Å². The second-order valence-electron chi connectivity index (χ2n) is 4.49. The van der Waals surface area contributed by atoms with Crippen LogP contribution >= 0.6 is 0 Å². The van der Waals surface area contributed by atoms with E-state index in [9.17, 15) is 4.39 Å². The summed E-state index contributed by atoms with van der Waals surface area (Å²) in [5, 5.41) is 2.98. The molecule has 0 bridgehead atoms. The SMILES string of the molecule is CCNc1ncc(F)c(N(C)C(C)C(C)C)n1. The lowest BCUT2D eigenvalue weighted by atomic mass is 10.1. The van der Waals surface area contributed by atoms with Crippen LogP contribution < -0.4 is 10.2 Å². The van der Waals surface area contributed by atoms with Gasteiger partial charge in [0.15, 0.2) is 11.6 Å². The van der Waals surface area contributed by atoms with E-state index in [0.717, 1.165) is 0 Å². The topological polar surface area (TPSA) is 41.1 Å². The predicted octanol–water partition coefficient (Wildman–Crippen LogP) is 2.53. The highest BCUT2D eigenvalue weighted by Crippen LogP contribution is 2.20. The second-order valence-corrected chi connectivity index (χ2v) is 4.49. The van der Waals surface area contributed by atoms with Crippen LogP contribution in [0.3, 0.4) is 0 Å².